The van der Waals surface area contributed by atoms with Gasteiger partial charge in [0.05, 0.1) is 5.92 Å². The normalized spacial score (nSPS) is 13.8. The first-order valence-electron chi connectivity index (χ1n) is 12.2. The molecule has 1 amide bonds. The van der Waals surface area contributed by atoms with Crippen LogP contribution in [0, 0.1) is 11.1 Å². The van der Waals surface area contributed by atoms with Crippen molar-refractivity contribution in [3.63, 3.8) is 0 Å². The molecule has 210 valence electrons. The molecule has 1 aromatic rings. The molecule has 37 heavy (non-hydrogen) atoms. The van der Waals surface area contributed by atoms with Crippen LogP contribution in [0.1, 0.15) is 74.4 Å². The van der Waals surface area contributed by atoms with Crippen molar-refractivity contribution in [1.82, 2.24) is 5.32 Å². The van der Waals surface area contributed by atoms with E-state index in [1.54, 1.807) is 62.3 Å². The van der Waals surface area contributed by atoms with Crippen LogP contribution in [0.4, 0.5) is 9.18 Å². The van der Waals surface area contributed by atoms with Gasteiger partial charge in [-0.05, 0) is 74.8 Å². The number of pyridine rings is 1. The highest BCUT2D eigenvalue weighted by Crippen LogP contribution is 2.22. The number of nitrogens with zero attached hydrogens (tertiary/aromatic N) is 1. The number of alkyl halides is 1. The molecule has 1 rings (SSSR count). The van der Waals surface area contributed by atoms with Gasteiger partial charge in [-0.15, -0.1) is 0 Å². The summed E-state index contributed by atoms with van der Waals surface area (Å²) < 4.78 is 34.3. The lowest BCUT2D eigenvalue weighted by atomic mass is 9.94. The summed E-state index contributed by atoms with van der Waals surface area (Å²) in [7, 11) is 0. The average Bonchev–Trinajstić information content (AvgIpc) is 2.68. The molecular formula is C26H41FN2O8. The van der Waals surface area contributed by atoms with Crippen LogP contribution in [0.15, 0.2) is 18.3 Å². The summed E-state index contributed by atoms with van der Waals surface area (Å²) in [6, 6.07) is 1.66. The fraction of sp³-hybridized carbons (Fsp3) is 0.692. The summed E-state index contributed by atoms with van der Waals surface area (Å²) in [5.41, 5.74) is -2.34. The van der Waals surface area contributed by atoms with E-state index < -0.39 is 53.5 Å². The maximum absolute atomic E-state index is 13.1. The molecule has 0 fully saturated rings. The van der Waals surface area contributed by atoms with Crippen molar-refractivity contribution in [2.24, 2.45) is 5.92 Å². The average molecular weight is 529 g/mol. The molecule has 0 aromatic carbocycles. The fourth-order valence-electron chi connectivity index (χ4n) is 3.11. The van der Waals surface area contributed by atoms with Crippen molar-refractivity contribution in [2.45, 2.75) is 98.0 Å². The van der Waals surface area contributed by atoms with Gasteiger partial charge < -0.3 is 29.5 Å². The van der Waals surface area contributed by atoms with E-state index in [2.05, 4.69) is 5.32 Å². The van der Waals surface area contributed by atoms with Crippen LogP contribution in [0.25, 0.3) is 0 Å². The van der Waals surface area contributed by atoms with Crippen LogP contribution >= 0.6 is 0 Å². The monoisotopic (exact) mass is 528 g/mol. The zero-order valence-electron chi connectivity index (χ0n) is 23.3. The topological polar surface area (TPSA) is 127 Å². The van der Waals surface area contributed by atoms with E-state index in [1.165, 1.54) is 12.1 Å². The quantitative estimate of drug-likeness (QED) is 0.210. The number of rotatable bonds is 10. The maximum Gasteiger partial charge on any atom is 0.408 e. The van der Waals surface area contributed by atoms with Gasteiger partial charge in [0.15, 0.2) is 11.4 Å². The van der Waals surface area contributed by atoms with E-state index >= 15 is 0 Å². The van der Waals surface area contributed by atoms with Gasteiger partial charge in [-0.2, -0.15) is 4.73 Å². The number of halogens is 1. The molecule has 0 spiro atoms. The Morgan fingerprint density at radius 3 is 1.95 bits per heavy atom. The van der Waals surface area contributed by atoms with Gasteiger partial charge in [-0.25, -0.2) is 14.0 Å². The number of hydrogen-bond acceptors (Lipinski definition) is 8. The van der Waals surface area contributed by atoms with Crippen LogP contribution < -0.4 is 14.8 Å². The molecule has 0 radical (unpaired) electrons. The lowest BCUT2D eigenvalue weighted by Crippen LogP contribution is -2.48. The van der Waals surface area contributed by atoms with Crippen molar-refractivity contribution >= 4 is 18.0 Å². The Balaban J connectivity index is 3.30. The number of hydrogen-bond donors (Lipinski definition) is 1. The second-order valence-corrected chi connectivity index (χ2v) is 11.6. The molecule has 0 aliphatic carbocycles. The number of esters is 2. The SMILES string of the molecule is CC(C)(C)OC(=O)N[C@@H](C[C@H](Cc1ccc(OCCF)c[n+]1[O-])C(=O)OC(C)(C)C)C(=O)OC(C)(C)C. The first kappa shape index (κ1) is 31.9. The fourth-order valence-corrected chi connectivity index (χ4v) is 3.11. The predicted molar refractivity (Wildman–Crippen MR) is 134 cm³/mol. The molecule has 1 aromatic heterocycles. The number of ether oxygens (including phenoxy) is 4. The molecule has 2 atom stereocenters. The van der Waals surface area contributed by atoms with Crippen LogP contribution in [-0.2, 0) is 30.2 Å². The van der Waals surface area contributed by atoms with Crippen molar-refractivity contribution in [3.8, 4) is 5.75 Å². The van der Waals surface area contributed by atoms with E-state index in [0.29, 0.717) is 4.73 Å². The third kappa shape index (κ3) is 13.1. The molecule has 10 nitrogen and oxygen atoms in total. The van der Waals surface area contributed by atoms with Gasteiger partial charge in [-0.1, -0.05) is 0 Å². The lowest BCUT2D eigenvalue weighted by Gasteiger charge is -2.29. The third-order valence-electron chi connectivity index (χ3n) is 4.41. The minimum Gasteiger partial charge on any atom is -0.618 e. The second kappa shape index (κ2) is 12.9. The smallest absolute Gasteiger partial charge is 0.408 e. The summed E-state index contributed by atoms with van der Waals surface area (Å²) >= 11 is 0. The van der Waals surface area contributed by atoms with Crippen molar-refractivity contribution in [2.75, 3.05) is 13.3 Å². The Morgan fingerprint density at radius 1 is 0.919 bits per heavy atom. The van der Waals surface area contributed by atoms with Gasteiger partial charge in [0, 0.05) is 12.5 Å². The molecule has 0 aliphatic heterocycles. The standard InChI is InChI=1S/C26H41FN2O8/c1-24(2,3)35-21(30)17(14-18-10-11-19(16-29(18)33)34-13-12-27)15-20(22(31)36-25(4,5)6)28-23(32)37-26(7,8)9/h10-11,16-17,20H,12-15H2,1-9H3,(H,28,32)/t17-,20-/m0/s1. The van der Waals surface area contributed by atoms with Crippen molar-refractivity contribution in [3.05, 3.63) is 29.2 Å². The van der Waals surface area contributed by atoms with Crippen molar-refractivity contribution in [1.29, 1.82) is 0 Å². The van der Waals surface area contributed by atoms with Crippen LogP contribution in [0.5, 0.6) is 5.75 Å². The van der Waals surface area contributed by atoms with Gasteiger partial charge >= 0.3 is 18.0 Å². The van der Waals surface area contributed by atoms with Gasteiger partial charge in [0.25, 0.3) is 0 Å². The van der Waals surface area contributed by atoms with Gasteiger partial charge in [0.1, 0.15) is 36.1 Å². The van der Waals surface area contributed by atoms with Crippen LogP contribution in [-0.4, -0.2) is 54.2 Å². The van der Waals surface area contributed by atoms with Crippen LogP contribution in [0.2, 0.25) is 0 Å². The number of amides is 1. The van der Waals surface area contributed by atoms with Gasteiger partial charge in [0.2, 0.25) is 6.20 Å². The molecule has 0 aliphatic rings. The molecular weight excluding hydrogens is 487 g/mol. The minimum atomic E-state index is -1.26. The first-order chi connectivity index (χ1) is 16.8. The molecule has 11 heteroatoms. The van der Waals surface area contributed by atoms with Gasteiger partial charge in [-0.3, -0.25) is 4.79 Å². The number of carbonyl (C=O) groups excluding carboxylic acids is 3. The lowest BCUT2D eigenvalue weighted by molar-refractivity contribution is -0.614. The summed E-state index contributed by atoms with van der Waals surface area (Å²) in [6.45, 7) is 14.2. The van der Waals surface area contributed by atoms with Crippen molar-refractivity contribution < 1.29 is 42.5 Å². The summed E-state index contributed by atoms with van der Waals surface area (Å²) in [6.07, 6.45) is -0.0682. The second-order valence-electron chi connectivity index (χ2n) is 11.6. The molecule has 0 bridgehead atoms. The molecule has 0 saturated carbocycles. The zero-order chi connectivity index (χ0) is 28.6. The summed E-state index contributed by atoms with van der Waals surface area (Å²) in [4.78, 5) is 38.7. The Labute approximate surface area is 218 Å². The number of alkyl carbamates (subject to hydrolysis) is 1. The maximum atomic E-state index is 13.1. The number of carbonyl (C=O) groups is 3. The minimum absolute atomic E-state index is 0.114. The Kier molecular flexibility index (Phi) is 11.1. The van der Waals surface area contributed by atoms with E-state index in [-0.39, 0.29) is 30.9 Å². The van der Waals surface area contributed by atoms with Crippen LogP contribution in [0.3, 0.4) is 0 Å². The Hall–Kier alpha value is -3.11. The zero-order valence-corrected chi connectivity index (χ0v) is 23.3. The molecule has 1 N–H and O–H groups in total. The largest absolute Gasteiger partial charge is 0.618 e. The summed E-state index contributed by atoms with van der Waals surface area (Å²) in [5, 5.41) is 15.1. The highest BCUT2D eigenvalue weighted by Gasteiger charge is 2.36. The Morgan fingerprint density at radius 2 is 1.46 bits per heavy atom. The van der Waals surface area contributed by atoms with E-state index in [1.807, 2.05) is 0 Å². The number of nitrogens with one attached hydrogen (secondary N) is 1. The third-order valence-corrected chi connectivity index (χ3v) is 4.41. The summed E-state index contributed by atoms with van der Waals surface area (Å²) in [5.74, 6) is -2.27. The molecule has 1 heterocycles. The van der Waals surface area contributed by atoms with E-state index in [4.69, 9.17) is 18.9 Å². The molecule has 0 unspecified atom stereocenters. The predicted octanol–water partition coefficient (Wildman–Crippen LogP) is 3.79. The van der Waals surface area contributed by atoms with E-state index in [0.717, 1.165) is 6.20 Å². The molecule has 0 saturated heterocycles. The number of aromatic nitrogens is 1. The van der Waals surface area contributed by atoms with E-state index in [9.17, 15) is 24.0 Å². The Bertz CT molecular complexity index is 932. The first-order valence-corrected chi connectivity index (χ1v) is 12.2. The highest BCUT2D eigenvalue weighted by atomic mass is 19.1. The highest BCUT2D eigenvalue weighted by molar-refractivity contribution is 5.83.